The lowest BCUT2D eigenvalue weighted by Crippen LogP contribution is -2.49. The van der Waals surface area contributed by atoms with E-state index < -0.39 is 6.04 Å². The van der Waals surface area contributed by atoms with Crippen LogP contribution in [0.4, 0.5) is 0 Å². The van der Waals surface area contributed by atoms with Crippen molar-refractivity contribution in [3.05, 3.63) is 63.1 Å². The van der Waals surface area contributed by atoms with Gasteiger partial charge in [0, 0.05) is 18.1 Å². The summed E-state index contributed by atoms with van der Waals surface area (Å²) in [6.07, 6.45) is 1.88. The fraction of sp³-hybridized carbons (Fsp3) is 0.462. The molecule has 2 aromatic carbocycles. The van der Waals surface area contributed by atoms with E-state index in [-0.39, 0.29) is 30.4 Å². The van der Waals surface area contributed by atoms with Crippen molar-refractivity contribution in [1.82, 2.24) is 10.2 Å². The smallest absolute Gasteiger partial charge is 0.261 e. The Bertz CT molecular complexity index is 942. The molecule has 0 aliphatic carbocycles. The topological polar surface area (TPSA) is 58.6 Å². The standard InChI is InChI=1S/C26H34BrClN2O3/c1-6-7-14-29-25(32)18(2)30(16-19-8-11-21(28)12-9-19)24(31)17-33-23-13-10-20(15-22(23)27)26(3,4)5/h8-13,15,18H,6-7,14,16-17H2,1-5H3,(H,29,32)/t18-/m0/s1. The minimum atomic E-state index is -0.639. The summed E-state index contributed by atoms with van der Waals surface area (Å²) >= 11 is 9.55. The molecule has 0 saturated carbocycles. The molecule has 33 heavy (non-hydrogen) atoms. The van der Waals surface area contributed by atoms with Gasteiger partial charge in [0.2, 0.25) is 5.91 Å². The van der Waals surface area contributed by atoms with Gasteiger partial charge in [0.1, 0.15) is 11.8 Å². The van der Waals surface area contributed by atoms with E-state index in [2.05, 4.69) is 48.9 Å². The van der Waals surface area contributed by atoms with Crippen LogP contribution < -0.4 is 10.1 Å². The Balaban J connectivity index is 2.15. The third kappa shape index (κ3) is 8.35. The molecule has 2 aromatic rings. The van der Waals surface area contributed by atoms with Crippen molar-refractivity contribution in [2.24, 2.45) is 0 Å². The van der Waals surface area contributed by atoms with Gasteiger partial charge in [0.05, 0.1) is 4.47 Å². The van der Waals surface area contributed by atoms with E-state index in [1.807, 2.05) is 30.3 Å². The maximum absolute atomic E-state index is 13.2. The molecule has 0 aromatic heterocycles. The minimum absolute atomic E-state index is 0.00676. The maximum Gasteiger partial charge on any atom is 0.261 e. The van der Waals surface area contributed by atoms with E-state index >= 15 is 0 Å². The Kier molecular flexibility index (Phi) is 10.2. The number of unbranched alkanes of at least 4 members (excludes halogenated alkanes) is 1. The van der Waals surface area contributed by atoms with Crippen molar-refractivity contribution in [3.63, 3.8) is 0 Å². The van der Waals surface area contributed by atoms with Gasteiger partial charge in [0.25, 0.3) is 5.91 Å². The third-order valence-corrected chi connectivity index (χ3v) is 6.28. The molecule has 7 heteroatoms. The van der Waals surface area contributed by atoms with Gasteiger partial charge in [-0.1, -0.05) is 63.9 Å². The number of nitrogens with zero attached hydrogens (tertiary/aromatic N) is 1. The summed E-state index contributed by atoms with van der Waals surface area (Å²) in [5, 5.41) is 3.53. The Hall–Kier alpha value is -2.05. The summed E-state index contributed by atoms with van der Waals surface area (Å²) in [7, 11) is 0. The molecule has 0 unspecified atom stereocenters. The van der Waals surface area contributed by atoms with Gasteiger partial charge >= 0.3 is 0 Å². The van der Waals surface area contributed by atoms with Crippen LogP contribution in [0.1, 0.15) is 58.6 Å². The Morgan fingerprint density at radius 1 is 1.15 bits per heavy atom. The van der Waals surface area contributed by atoms with E-state index in [0.29, 0.717) is 17.3 Å². The van der Waals surface area contributed by atoms with E-state index in [9.17, 15) is 9.59 Å². The molecule has 0 aliphatic heterocycles. The first kappa shape index (κ1) is 27.2. The lowest BCUT2D eigenvalue weighted by molar-refractivity contribution is -0.142. The van der Waals surface area contributed by atoms with Crippen molar-refractivity contribution in [2.45, 2.75) is 65.5 Å². The van der Waals surface area contributed by atoms with Crippen LogP contribution in [0.15, 0.2) is 46.9 Å². The van der Waals surface area contributed by atoms with Crippen LogP contribution >= 0.6 is 27.5 Å². The molecule has 1 N–H and O–H groups in total. The number of nitrogens with one attached hydrogen (secondary N) is 1. The predicted octanol–water partition coefficient (Wildman–Crippen LogP) is 6.11. The first-order valence-electron chi connectivity index (χ1n) is 11.3. The normalized spacial score (nSPS) is 12.2. The number of halogens is 2. The zero-order valence-electron chi connectivity index (χ0n) is 20.1. The van der Waals surface area contributed by atoms with Gasteiger partial charge < -0.3 is 15.0 Å². The van der Waals surface area contributed by atoms with Crippen LogP contribution in [0.3, 0.4) is 0 Å². The molecular formula is C26H34BrClN2O3. The highest BCUT2D eigenvalue weighted by molar-refractivity contribution is 9.10. The molecule has 0 aliphatic rings. The second-order valence-corrected chi connectivity index (χ2v) is 10.4. The van der Waals surface area contributed by atoms with Gasteiger partial charge in [-0.3, -0.25) is 9.59 Å². The summed E-state index contributed by atoms with van der Waals surface area (Å²) in [6.45, 7) is 10.9. The number of carbonyl (C=O) groups is 2. The first-order chi connectivity index (χ1) is 15.5. The van der Waals surface area contributed by atoms with Crippen LogP contribution in [0.5, 0.6) is 5.75 Å². The van der Waals surface area contributed by atoms with Crippen LogP contribution in [0.25, 0.3) is 0 Å². The molecule has 2 amide bonds. The quantitative estimate of drug-likeness (QED) is 0.372. The molecule has 1 atom stereocenters. The molecule has 5 nitrogen and oxygen atoms in total. The van der Waals surface area contributed by atoms with Crippen molar-refractivity contribution in [3.8, 4) is 5.75 Å². The molecular weight excluding hydrogens is 504 g/mol. The lowest BCUT2D eigenvalue weighted by Gasteiger charge is -2.29. The van der Waals surface area contributed by atoms with Crippen LogP contribution in [-0.4, -0.2) is 35.9 Å². The number of amides is 2. The SMILES string of the molecule is CCCCNC(=O)[C@H](C)N(Cc1ccc(Cl)cc1)C(=O)COc1ccc(C(C)(C)C)cc1Br. The Morgan fingerprint density at radius 2 is 1.82 bits per heavy atom. The Morgan fingerprint density at radius 3 is 2.39 bits per heavy atom. The van der Waals surface area contributed by atoms with Crippen molar-refractivity contribution < 1.29 is 14.3 Å². The monoisotopic (exact) mass is 536 g/mol. The zero-order valence-corrected chi connectivity index (χ0v) is 22.4. The summed E-state index contributed by atoms with van der Waals surface area (Å²) in [5.41, 5.74) is 2.05. The van der Waals surface area contributed by atoms with Gasteiger partial charge in [-0.15, -0.1) is 0 Å². The highest BCUT2D eigenvalue weighted by Gasteiger charge is 2.26. The highest BCUT2D eigenvalue weighted by Crippen LogP contribution is 2.31. The number of carbonyl (C=O) groups excluding carboxylic acids is 2. The molecule has 0 bridgehead atoms. The van der Waals surface area contributed by atoms with Crippen molar-refractivity contribution >= 4 is 39.3 Å². The van der Waals surface area contributed by atoms with Gasteiger partial charge in [-0.05, 0) is 70.1 Å². The summed E-state index contributed by atoms with van der Waals surface area (Å²) < 4.78 is 6.63. The third-order valence-electron chi connectivity index (χ3n) is 5.41. The molecule has 0 saturated heterocycles. The average molecular weight is 538 g/mol. The van der Waals surface area contributed by atoms with Gasteiger partial charge in [-0.2, -0.15) is 0 Å². The highest BCUT2D eigenvalue weighted by atomic mass is 79.9. The van der Waals surface area contributed by atoms with E-state index in [0.717, 1.165) is 28.4 Å². The van der Waals surface area contributed by atoms with Crippen LogP contribution in [-0.2, 0) is 21.5 Å². The number of ether oxygens (including phenoxy) is 1. The first-order valence-corrected chi connectivity index (χ1v) is 12.4. The van der Waals surface area contributed by atoms with Crippen molar-refractivity contribution in [1.29, 1.82) is 0 Å². The molecule has 0 fully saturated rings. The van der Waals surface area contributed by atoms with Crippen LogP contribution in [0, 0.1) is 0 Å². The number of benzene rings is 2. The maximum atomic E-state index is 13.2. The van der Waals surface area contributed by atoms with E-state index in [1.165, 1.54) is 0 Å². The fourth-order valence-electron chi connectivity index (χ4n) is 3.21. The number of hydrogen-bond acceptors (Lipinski definition) is 3. The summed E-state index contributed by atoms with van der Waals surface area (Å²) in [6, 6.07) is 12.5. The molecule has 2 rings (SSSR count). The number of hydrogen-bond donors (Lipinski definition) is 1. The summed E-state index contributed by atoms with van der Waals surface area (Å²) in [4.78, 5) is 27.4. The second kappa shape index (κ2) is 12.4. The molecule has 0 heterocycles. The number of rotatable bonds is 10. The largest absolute Gasteiger partial charge is 0.483 e. The van der Waals surface area contributed by atoms with Gasteiger partial charge in [-0.25, -0.2) is 0 Å². The second-order valence-electron chi connectivity index (χ2n) is 9.15. The van der Waals surface area contributed by atoms with E-state index in [4.69, 9.17) is 16.3 Å². The van der Waals surface area contributed by atoms with Crippen molar-refractivity contribution in [2.75, 3.05) is 13.2 Å². The zero-order chi connectivity index (χ0) is 24.6. The lowest BCUT2D eigenvalue weighted by atomic mass is 9.87. The van der Waals surface area contributed by atoms with E-state index in [1.54, 1.807) is 24.0 Å². The Labute approximate surface area is 211 Å². The average Bonchev–Trinajstić information content (AvgIpc) is 2.76. The van der Waals surface area contributed by atoms with Gasteiger partial charge in [0.15, 0.2) is 6.61 Å². The fourth-order valence-corrected chi connectivity index (χ4v) is 3.83. The molecule has 180 valence electrons. The molecule has 0 radical (unpaired) electrons. The summed E-state index contributed by atoms with van der Waals surface area (Å²) in [5.74, 6) is 0.138. The van der Waals surface area contributed by atoms with Crippen LogP contribution in [0.2, 0.25) is 5.02 Å². The predicted molar refractivity (Wildman–Crippen MR) is 138 cm³/mol. The molecule has 0 spiro atoms. The minimum Gasteiger partial charge on any atom is -0.483 e.